The molecule has 0 bridgehead atoms. The molecule has 19 heavy (non-hydrogen) atoms. The van der Waals surface area contributed by atoms with Gasteiger partial charge < -0.3 is 9.84 Å². The highest BCUT2D eigenvalue weighted by atomic mass is 35.5. The topological polar surface area (TPSA) is 49.8 Å². The van der Waals surface area contributed by atoms with E-state index < -0.39 is 5.97 Å². The molecule has 1 saturated heterocycles. The maximum absolute atomic E-state index is 10.7. The molecule has 104 valence electrons. The Labute approximate surface area is 121 Å². The molecule has 0 amide bonds. The Morgan fingerprint density at radius 2 is 2.21 bits per heavy atom. The van der Waals surface area contributed by atoms with Gasteiger partial charge in [0.15, 0.2) is 0 Å². The lowest BCUT2D eigenvalue weighted by Crippen LogP contribution is -2.42. The van der Waals surface area contributed by atoms with Gasteiger partial charge in [-0.3, -0.25) is 9.69 Å². The number of rotatable bonds is 4. The van der Waals surface area contributed by atoms with Gasteiger partial charge in [-0.1, -0.05) is 29.3 Å². The summed E-state index contributed by atoms with van der Waals surface area (Å²) in [6, 6.07) is 5.54. The van der Waals surface area contributed by atoms with E-state index in [1.165, 1.54) is 0 Å². The molecule has 1 unspecified atom stereocenters. The second-order valence-corrected chi connectivity index (χ2v) is 5.39. The standard InChI is InChI=1S/C13H15Cl2NO3/c14-11-2-1-9(5-12(11)15)7-16-3-4-19-10(8-16)6-13(17)18/h1-2,5,10H,3-4,6-8H2,(H,17,18). The van der Waals surface area contributed by atoms with Crippen molar-refractivity contribution in [2.45, 2.75) is 19.1 Å². The van der Waals surface area contributed by atoms with E-state index in [4.69, 9.17) is 33.0 Å². The number of ether oxygens (including phenoxy) is 1. The number of carbonyl (C=O) groups is 1. The van der Waals surface area contributed by atoms with E-state index in [9.17, 15) is 4.79 Å². The van der Waals surface area contributed by atoms with Crippen molar-refractivity contribution in [3.63, 3.8) is 0 Å². The summed E-state index contributed by atoms with van der Waals surface area (Å²) in [4.78, 5) is 12.8. The molecule has 0 radical (unpaired) electrons. The minimum Gasteiger partial charge on any atom is -0.481 e. The van der Waals surface area contributed by atoms with Crippen molar-refractivity contribution in [1.82, 2.24) is 4.90 Å². The maximum Gasteiger partial charge on any atom is 0.306 e. The minimum absolute atomic E-state index is 0.0396. The van der Waals surface area contributed by atoms with Crippen LogP contribution in [-0.2, 0) is 16.1 Å². The molecular weight excluding hydrogens is 289 g/mol. The fourth-order valence-corrected chi connectivity index (χ4v) is 2.46. The van der Waals surface area contributed by atoms with Crippen molar-refractivity contribution in [1.29, 1.82) is 0 Å². The van der Waals surface area contributed by atoms with Crippen LogP contribution in [0.25, 0.3) is 0 Å². The third-order valence-electron chi connectivity index (χ3n) is 3.02. The summed E-state index contributed by atoms with van der Waals surface area (Å²) in [5, 5.41) is 9.85. The van der Waals surface area contributed by atoms with Crippen molar-refractivity contribution in [3.05, 3.63) is 33.8 Å². The molecule has 0 spiro atoms. The smallest absolute Gasteiger partial charge is 0.306 e. The lowest BCUT2D eigenvalue weighted by molar-refractivity contribution is -0.142. The number of aliphatic carboxylic acids is 1. The minimum atomic E-state index is -0.832. The lowest BCUT2D eigenvalue weighted by atomic mass is 10.1. The maximum atomic E-state index is 10.7. The number of benzene rings is 1. The van der Waals surface area contributed by atoms with Gasteiger partial charge >= 0.3 is 5.97 Å². The van der Waals surface area contributed by atoms with Crippen LogP contribution in [0.1, 0.15) is 12.0 Å². The van der Waals surface area contributed by atoms with Gasteiger partial charge in [-0.05, 0) is 17.7 Å². The van der Waals surface area contributed by atoms with Crippen LogP contribution in [0.15, 0.2) is 18.2 Å². The highest BCUT2D eigenvalue weighted by Gasteiger charge is 2.22. The second-order valence-electron chi connectivity index (χ2n) is 4.57. The quantitative estimate of drug-likeness (QED) is 0.929. The molecule has 0 saturated carbocycles. The first-order valence-corrected chi connectivity index (χ1v) is 6.80. The van der Waals surface area contributed by atoms with Crippen LogP contribution in [0, 0.1) is 0 Å². The van der Waals surface area contributed by atoms with Gasteiger partial charge in [0.05, 0.1) is 29.2 Å². The molecule has 4 nitrogen and oxygen atoms in total. The Morgan fingerprint density at radius 1 is 1.42 bits per heavy atom. The van der Waals surface area contributed by atoms with E-state index in [2.05, 4.69) is 4.90 Å². The molecule has 0 aliphatic carbocycles. The van der Waals surface area contributed by atoms with Crippen molar-refractivity contribution >= 4 is 29.2 Å². The first kappa shape index (κ1) is 14.6. The van der Waals surface area contributed by atoms with Gasteiger partial charge in [0.2, 0.25) is 0 Å². The zero-order chi connectivity index (χ0) is 13.8. The second kappa shape index (κ2) is 6.57. The molecule has 2 rings (SSSR count). The summed E-state index contributed by atoms with van der Waals surface area (Å²) in [5.74, 6) is -0.832. The predicted molar refractivity (Wildman–Crippen MR) is 73.7 cm³/mol. The number of nitrogens with zero attached hydrogens (tertiary/aromatic N) is 1. The molecule has 0 aromatic heterocycles. The molecule has 1 heterocycles. The molecule has 6 heteroatoms. The summed E-state index contributed by atoms with van der Waals surface area (Å²) < 4.78 is 5.43. The average Bonchev–Trinajstić information content (AvgIpc) is 2.33. The third-order valence-corrected chi connectivity index (χ3v) is 3.75. The largest absolute Gasteiger partial charge is 0.481 e. The van der Waals surface area contributed by atoms with Crippen molar-refractivity contribution in [2.24, 2.45) is 0 Å². The normalized spacial score (nSPS) is 20.4. The van der Waals surface area contributed by atoms with Gasteiger partial charge in [0, 0.05) is 19.6 Å². The molecule has 1 fully saturated rings. The Bertz CT molecular complexity index is 467. The monoisotopic (exact) mass is 303 g/mol. The predicted octanol–water partition coefficient (Wildman–Crippen LogP) is 2.67. The van der Waals surface area contributed by atoms with Crippen LogP contribution in [-0.4, -0.2) is 41.8 Å². The number of carboxylic acid groups (broad SMARTS) is 1. The van der Waals surface area contributed by atoms with Crippen LogP contribution < -0.4 is 0 Å². The van der Waals surface area contributed by atoms with E-state index in [1.54, 1.807) is 6.07 Å². The number of halogens is 2. The van der Waals surface area contributed by atoms with E-state index >= 15 is 0 Å². The van der Waals surface area contributed by atoms with Gasteiger partial charge in [-0.15, -0.1) is 0 Å². The fourth-order valence-electron chi connectivity index (χ4n) is 2.14. The van der Waals surface area contributed by atoms with Crippen LogP contribution in [0.4, 0.5) is 0 Å². The highest BCUT2D eigenvalue weighted by molar-refractivity contribution is 6.42. The Morgan fingerprint density at radius 3 is 2.89 bits per heavy atom. The SMILES string of the molecule is O=C(O)CC1CN(Cc2ccc(Cl)c(Cl)c2)CCO1. The van der Waals surface area contributed by atoms with Crippen LogP contribution in [0.3, 0.4) is 0 Å². The zero-order valence-corrected chi connectivity index (χ0v) is 11.8. The van der Waals surface area contributed by atoms with Gasteiger partial charge in [0.1, 0.15) is 0 Å². The summed E-state index contributed by atoms with van der Waals surface area (Å²) in [7, 11) is 0. The summed E-state index contributed by atoms with van der Waals surface area (Å²) >= 11 is 11.8. The Hall–Kier alpha value is -0.810. The number of hydrogen-bond acceptors (Lipinski definition) is 3. The molecule has 1 aliphatic heterocycles. The highest BCUT2D eigenvalue weighted by Crippen LogP contribution is 2.23. The van der Waals surface area contributed by atoms with Crippen LogP contribution in [0.5, 0.6) is 0 Å². The Balaban J connectivity index is 1.94. The van der Waals surface area contributed by atoms with E-state index in [0.717, 1.165) is 18.7 Å². The molecule has 1 aliphatic rings. The van der Waals surface area contributed by atoms with Gasteiger partial charge in [0.25, 0.3) is 0 Å². The summed E-state index contributed by atoms with van der Waals surface area (Å²) in [6.07, 6.45) is -0.202. The number of morpholine rings is 1. The fraction of sp³-hybridized carbons (Fsp3) is 0.462. The summed E-state index contributed by atoms with van der Waals surface area (Å²) in [6.45, 7) is 2.68. The number of carboxylic acids is 1. The van der Waals surface area contributed by atoms with Crippen molar-refractivity contribution in [3.8, 4) is 0 Å². The van der Waals surface area contributed by atoms with Gasteiger partial charge in [-0.2, -0.15) is 0 Å². The molecule has 1 aromatic carbocycles. The molecule has 1 atom stereocenters. The van der Waals surface area contributed by atoms with Crippen LogP contribution >= 0.6 is 23.2 Å². The van der Waals surface area contributed by atoms with E-state index in [0.29, 0.717) is 23.2 Å². The van der Waals surface area contributed by atoms with Crippen molar-refractivity contribution in [2.75, 3.05) is 19.7 Å². The summed E-state index contributed by atoms with van der Waals surface area (Å²) in [5.41, 5.74) is 1.06. The van der Waals surface area contributed by atoms with E-state index in [1.807, 2.05) is 12.1 Å². The first-order chi connectivity index (χ1) is 9.04. The zero-order valence-electron chi connectivity index (χ0n) is 10.3. The average molecular weight is 304 g/mol. The van der Waals surface area contributed by atoms with Gasteiger partial charge in [-0.25, -0.2) is 0 Å². The first-order valence-electron chi connectivity index (χ1n) is 6.04. The van der Waals surface area contributed by atoms with Crippen LogP contribution in [0.2, 0.25) is 10.0 Å². The third kappa shape index (κ3) is 4.35. The molecule has 1 aromatic rings. The van der Waals surface area contributed by atoms with Crippen molar-refractivity contribution < 1.29 is 14.6 Å². The van der Waals surface area contributed by atoms with E-state index in [-0.39, 0.29) is 12.5 Å². The number of hydrogen-bond donors (Lipinski definition) is 1. The molecule has 1 N–H and O–H groups in total. The molecular formula is C13H15Cl2NO3. The lowest BCUT2D eigenvalue weighted by Gasteiger charge is -2.32. The Kier molecular flexibility index (Phi) is 5.05.